The average Bonchev–Trinajstić information content (AvgIpc) is 3.42. The molecule has 0 radical (unpaired) electrons. The highest BCUT2D eigenvalue weighted by atomic mass is 32.2. The second-order valence-electron chi connectivity index (χ2n) is 7.58. The summed E-state index contributed by atoms with van der Waals surface area (Å²) in [5.74, 6) is 2.41. The third-order valence-corrected chi connectivity index (χ3v) is 7.30. The van der Waals surface area contributed by atoms with Crippen molar-refractivity contribution >= 4 is 10.0 Å². The molecule has 150 valence electrons. The van der Waals surface area contributed by atoms with Crippen LogP contribution in [0.3, 0.4) is 0 Å². The molecule has 2 aliphatic rings. The molecule has 5 rings (SSSR count). The van der Waals surface area contributed by atoms with E-state index in [2.05, 4.69) is 10.1 Å². The fourth-order valence-corrected chi connectivity index (χ4v) is 5.11. The van der Waals surface area contributed by atoms with E-state index < -0.39 is 10.0 Å². The fourth-order valence-electron chi connectivity index (χ4n) is 3.38. The van der Waals surface area contributed by atoms with Crippen LogP contribution in [0.5, 0.6) is 5.75 Å². The molecule has 0 N–H and O–H groups in total. The zero-order chi connectivity index (χ0) is 20.0. The Kier molecular flexibility index (Phi) is 4.40. The molecule has 1 aliphatic carbocycles. The molecule has 1 aromatic heterocycles. The van der Waals surface area contributed by atoms with Crippen molar-refractivity contribution in [2.45, 2.75) is 36.7 Å². The molecule has 0 amide bonds. The maximum absolute atomic E-state index is 12.7. The van der Waals surface area contributed by atoms with E-state index in [1.54, 1.807) is 25.1 Å². The van der Waals surface area contributed by atoms with E-state index in [1.807, 2.05) is 30.3 Å². The molecule has 1 aliphatic heterocycles. The minimum atomic E-state index is -3.47. The number of nitrogens with zero attached hydrogens (tertiary/aromatic N) is 3. The van der Waals surface area contributed by atoms with Gasteiger partial charge in [-0.2, -0.15) is 9.29 Å². The summed E-state index contributed by atoms with van der Waals surface area (Å²) in [6.07, 6.45) is 2.07. The van der Waals surface area contributed by atoms with Crippen LogP contribution >= 0.6 is 0 Å². The van der Waals surface area contributed by atoms with Crippen molar-refractivity contribution in [3.8, 4) is 17.1 Å². The highest BCUT2D eigenvalue weighted by Gasteiger charge is 2.38. The number of ether oxygens (including phenoxy) is 1. The lowest BCUT2D eigenvalue weighted by Crippen LogP contribution is -2.56. The Hall–Kier alpha value is -2.71. The first-order valence-corrected chi connectivity index (χ1v) is 11.1. The first-order valence-electron chi connectivity index (χ1n) is 9.67. The summed E-state index contributed by atoms with van der Waals surface area (Å²) in [6, 6.07) is 14.5. The highest BCUT2D eigenvalue weighted by molar-refractivity contribution is 7.89. The van der Waals surface area contributed by atoms with E-state index in [9.17, 15) is 8.42 Å². The van der Waals surface area contributed by atoms with E-state index in [0.29, 0.717) is 41.4 Å². The van der Waals surface area contributed by atoms with Crippen molar-refractivity contribution in [2.24, 2.45) is 0 Å². The summed E-state index contributed by atoms with van der Waals surface area (Å²) in [6.45, 7) is 2.49. The number of rotatable bonds is 6. The van der Waals surface area contributed by atoms with Crippen molar-refractivity contribution in [3.63, 3.8) is 0 Å². The van der Waals surface area contributed by atoms with Crippen molar-refractivity contribution in [1.82, 2.24) is 14.4 Å². The quantitative estimate of drug-likeness (QED) is 0.618. The van der Waals surface area contributed by atoms with Gasteiger partial charge in [0.1, 0.15) is 11.9 Å². The van der Waals surface area contributed by atoms with Gasteiger partial charge in [-0.25, -0.2) is 8.42 Å². The van der Waals surface area contributed by atoms with Gasteiger partial charge in [-0.05, 0) is 55.7 Å². The monoisotopic (exact) mass is 411 g/mol. The van der Waals surface area contributed by atoms with Crippen molar-refractivity contribution in [2.75, 3.05) is 13.1 Å². The maximum Gasteiger partial charge on any atom is 0.243 e. The van der Waals surface area contributed by atoms with Crippen LogP contribution in [0.25, 0.3) is 11.4 Å². The molecule has 1 saturated carbocycles. The van der Waals surface area contributed by atoms with Gasteiger partial charge < -0.3 is 9.26 Å². The van der Waals surface area contributed by atoms with E-state index >= 15 is 0 Å². The lowest BCUT2D eigenvalue weighted by atomic mass is 10.2. The number of sulfonamides is 1. The molecule has 29 heavy (non-hydrogen) atoms. The Morgan fingerprint density at radius 1 is 1.07 bits per heavy atom. The lowest BCUT2D eigenvalue weighted by molar-refractivity contribution is 0.0762. The molecule has 7 nitrogen and oxygen atoms in total. The van der Waals surface area contributed by atoms with Crippen molar-refractivity contribution in [1.29, 1.82) is 0 Å². The fraction of sp³-hybridized carbons (Fsp3) is 0.333. The topological polar surface area (TPSA) is 85.5 Å². The zero-order valence-electron chi connectivity index (χ0n) is 16.0. The van der Waals surface area contributed by atoms with E-state index in [0.717, 1.165) is 24.0 Å². The SMILES string of the molecule is Cc1ccccc1S(=O)(=O)N1CC(Oc2ccc(-c3noc(C4CC4)n3)cc2)C1. The van der Waals surface area contributed by atoms with Crippen LogP contribution in [0.2, 0.25) is 0 Å². The number of hydrogen-bond donors (Lipinski definition) is 0. The largest absolute Gasteiger partial charge is 0.488 e. The number of benzene rings is 2. The minimum Gasteiger partial charge on any atom is -0.488 e. The zero-order valence-corrected chi connectivity index (χ0v) is 16.8. The third kappa shape index (κ3) is 3.54. The van der Waals surface area contributed by atoms with Crippen molar-refractivity contribution in [3.05, 3.63) is 60.0 Å². The molecule has 0 spiro atoms. The van der Waals surface area contributed by atoms with E-state index in [-0.39, 0.29) is 6.10 Å². The second kappa shape index (κ2) is 6.96. The molecule has 8 heteroatoms. The number of aryl methyl sites for hydroxylation is 1. The Balaban J connectivity index is 1.20. The number of aromatic nitrogens is 2. The van der Waals surface area contributed by atoms with E-state index in [1.165, 1.54) is 4.31 Å². The Bertz CT molecular complexity index is 1130. The van der Waals surface area contributed by atoms with Gasteiger partial charge in [0.05, 0.1) is 18.0 Å². The summed E-state index contributed by atoms with van der Waals surface area (Å²) in [4.78, 5) is 4.80. The van der Waals surface area contributed by atoms with Crippen LogP contribution in [0.1, 0.15) is 30.2 Å². The Morgan fingerprint density at radius 2 is 1.79 bits per heavy atom. The van der Waals surface area contributed by atoms with Crippen molar-refractivity contribution < 1.29 is 17.7 Å². The normalized spacial score (nSPS) is 17.8. The molecular formula is C21H21N3O4S. The van der Waals surface area contributed by atoms with Gasteiger partial charge in [-0.1, -0.05) is 23.4 Å². The standard InChI is InChI=1S/C21H21N3O4S/c1-14-4-2-3-5-19(14)29(25,26)24-12-18(13-24)27-17-10-8-15(9-11-17)20-22-21(28-23-20)16-6-7-16/h2-5,8-11,16,18H,6-7,12-13H2,1H3. The second-order valence-corrected chi connectivity index (χ2v) is 9.49. The van der Waals surface area contributed by atoms with Gasteiger partial charge in [0.25, 0.3) is 0 Å². The molecule has 1 saturated heterocycles. The van der Waals surface area contributed by atoms with Gasteiger partial charge in [0, 0.05) is 11.5 Å². The predicted octanol–water partition coefficient (Wildman–Crippen LogP) is 3.37. The summed E-state index contributed by atoms with van der Waals surface area (Å²) in [7, 11) is -3.47. The van der Waals surface area contributed by atoms with Crippen LogP contribution in [-0.2, 0) is 10.0 Å². The van der Waals surface area contributed by atoms with Crippen LogP contribution in [0, 0.1) is 6.92 Å². The summed E-state index contributed by atoms with van der Waals surface area (Å²) < 4.78 is 38.1. The third-order valence-electron chi connectivity index (χ3n) is 5.31. The summed E-state index contributed by atoms with van der Waals surface area (Å²) in [5, 5.41) is 4.04. The smallest absolute Gasteiger partial charge is 0.243 e. The Morgan fingerprint density at radius 3 is 2.48 bits per heavy atom. The summed E-state index contributed by atoms with van der Waals surface area (Å²) >= 11 is 0. The predicted molar refractivity (Wildman–Crippen MR) is 106 cm³/mol. The van der Waals surface area contributed by atoms with Gasteiger partial charge in [0.2, 0.25) is 21.7 Å². The van der Waals surface area contributed by atoms with Crippen LogP contribution < -0.4 is 4.74 Å². The van der Waals surface area contributed by atoms with Gasteiger partial charge in [0.15, 0.2) is 0 Å². The maximum atomic E-state index is 12.7. The molecule has 2 aromatic carbocycles. The first kappa shape index (κ1) is 18.3. The lowest BCUT2D eigenvalue weighted by Gasteiger charge is -2.38. The van der Waals surface area contributed by atoms with E-state index in [4.69, 9.17) is 9.26 Å². The molecule has 0 atom stereocenters. The summed E-state index contributed by atoms with van der Waals surface area (Å²) in [5.41, 5.74) is 1.61. The van der Waals surface area contributed by atoms with Crippen LogP contribution in [0.4, 0.5) is 0 Å². The minimum absolute atomic E-state index is 0.161. The number of hydrogen-bond acceptors (Lipinski definition) is 6. The molecule has 0 bridgehead atoms. The van der Waals surface area contributed by atoms with Crippen LogP contribution in [0.15, 0.2) is 57.9 Å². The molecule has 2 fully saturated rings. The Labute approximate surface area is 169 Å². The van der Waals surface area contributed by atoms with Gasteiger partial charge in [-0.15, -0.1) is 0 Å². The highest BCUT2D eigenvalue weighted by Crippen LogP contribution is 2.39. The average molecular weight is 411 g/mol. The van der Waals surface area contributed by atoms with Gasteiger partial charge in [-0.3, -0.25) is 0 Å². The van der Waals surface area contributed by atoms with Crippen LogP contribution in [-0.4, -0.2) is 42.1 Å². The molecular weight excluding hydrogens is 390 g/mol. The molecule has 0 unspecified atom stereocenters. The molecule has 2 heterocycles. The first-order chi connectivity index (χ1) is 14.0. The van der Waals surface area contributed by atoms with Gasteiger partial charge >= 0.3 is 0 Å². The molecule has 3 aromatic rings.